The van der Waals surface area contributed by atoms with Crippen LogP contribution in [0.25, 0.3) is 0 Å². The van der Waals surface area contributed by atoms with Crippen molar-refractivity contribution in [2.75, 3.05) is 19.8 Å². The number of ether oxygens (including phenoxy) is 1. The van der Waals surface area contributed by atoms with Gasteiger partial charge in [0.15, 0.2) is 6.04 Å². The first-order valence-corrected chi connectivity index (χ1v) is 23.8. The van der Waals surface area contributed by atoms with Crippen LogP contribution in [0.4, 0.5) is 0 Å². The highest BCUT2D eigenvalue weighted by Crippen LogP contribution is 2.43. The molecule has 0 fully saturated rings. The number of carbonyl (C=O) groups excluding carboxylic acids is 2. The number of amides is 1. The Morgan fingerprint density at radius 1 is 0.569 bits per heavy atom. The molecule has 0 saturated heterocycles. The third kappa shape index (κ3) is 40.0. The first-order chi connectivity index (χ1) is 28.1. The Labute approximate surface area is 351 Å². The van der Waals surface area contributed by atoms with Crippen molar-refractivity contribution in [3.8, 4) is 0 Å². The standard InChI is InChI=1S/C46H80NO10P/c1-3-5-7-9-11-13-15-17-19-20-21-22-24-26-28-30-32-34-36-38-45(50)55-39-42(48)40-56-58(53,54)57-41-43(46(51)52)47-44(49)37-35-33-31-29-27-25-23-18-16-14-12-10-8-6-4-2/h6,8,12,14,17-19,23,27,29,42-43,48H,3-5,7,9-11,13,15-16,20-22,24-26,28,30-41H2,1-2H3,(H,47,49)(H,51,52)(H,53,54)/b8-6-,14-12-,19-17+,23-18-,29-27-. The van der Waals surface area contributed by atoms with Gasteiger partial charge in [-0.1, -0.05) is 152 Å². The van der Waals surface area contributed by atoms with Crippen LogP contribution in [0.1, 0.15) is 181 Å². The molecule has 0 radical (unpaired) electrons. The quantitative estimate of drug-likeness (QED) is 0.0201. The van der Waals surface area contributed by atoms with Gasteiger partial charge < -0.3 is 25.2 Å². The summed E-state index contributed by atoms with van der Waals surface area (Å²) in [6, 6.07) is -1.57. The summed E-state index contributed by atoms with van der Waals surface area (Å²) in [4.78, 5) is 45.9. The van der Waals surface area contributed by atoms with E-state index in [0.29, 0.717) is 12.8 Å². The van der Waals surface area contributed by atoms with Gasteiger partial charge in [0.25, 0.3) is 0 Å². The molecule has 0 aliphatic carbocycles. The SMILES string of the molecule is CC/C=C\C/C=C\C/C=C\C/C=C\CCCCC(=O)NC(COP(=O)(O)OCC(O)COC(=O)CCCCCCCCCCC/C=C/CCCCCCCC)C(=O)O. The van der Waals surface area contributed by atoms with Crippen molar-refractivity contribution in [3.05, 3.63) is 60.8 Å². The highest BCUT2D eigenvalue weighted by Gasteiger charge is 2.28. The molecule has 4 N–H and O–H groups in total. The van der Waals surface area contributed by atoms with E-state index in [2.05, 4.69) is 73.8 Å². The number of hydrogen-bond acceptors (Lipinski definition) is 8. The zero-order chi connectivity index (χ0) is 42.8. The van der Waals surface area contributed by atoms with Gasteiger partial charge in [0.05, 0.1) is 13.2 Å². The highest BCUT2D eigenvalue weighted by molar-refractivity contribution is 7.47. The maximum Gasteiger partial charge on any atom is 0.472 e. The van der Waals surface area contributed by atoms with E-state index in [0.717, 1.165) is 57.8 Å². The van der Waals surface area contributed by atoms with Gasteiger partial charge in [-0.3, -0.25) is 18.6 Å². The predicted octanol–water partition coefficient (Wildman–Crippen LogP) is 11.6. The Bertz CT molecular complexity index is 1210. The molecule has 0 rings (SSSR count). The van der Waals surface area contributed by atoms with E-state index in [4.69, 9.17) is 13.8 Å². The average molecular weight is 838 g/mol. The van der Waals surface area contributed by atoms with Gasteiger partial charge in [0, 0.05) is 12.8 Å². The topological polar surface area (TPSA) is 169 Å². The van der Waals surface area contributed by atoms with E-state index in [-0.39, 0.29) is 12.8 Å². The number of esters is 1. The third-order valence-electron chi connectivity index (χ3n) is 9.29. The Morgan fingerprint density at radius 3 is 1.53 bits per heavy atom. The van der Waals surface area contributed by atoms with Crippen LogP contribution in [0.15, 0.2) is 60.8 Å². The lowest BCUT2D eigenvalue weighted by atomic mass is 10.1. The van der Waals surface area contributed by atoms with Gasteiger partial charge in [-0.25, -0.2) is 9.36 Å². The number of allylic oxidation sites excluding steroid dienone is 10. The molecule has 1 amide bonds. The summed E-state index contributed by atoms with van der Waals surface area (Å²) in [5, 5.41) is 21.8. The van der Waals surface area contributed by atoms with Crippen molar-refractivity contribution >= 4 is 25.7 Å². The fraction of sp³-hybridized carbons (Fsp3) is 0.717. The summed E-state index contributed by atoms with van der Waals surface area (Å²) in [6.45, 7) is 2.44. The van der Waals surface area contributed by atoms with Crippen LogP contribution in [0.2, 0.25) is 0 Å². The van der Waals surface area contributed by atoms with Gasteiger partial charge in [-0.05, 0) is 77.0 Å². The summed E-state index contributed by atoms with van der Waals surface area (Å²) in [5.41, 5.74) is 0. The zero-order valence-corrected chi connectivity index (χ0v) is 37.0. The fourth-order valence-electron chi connectivity index (χ4n) is 5.83. The zero-order valence-electron chi connectivity index (χ0n) is 36.1. The van der Waals surface area contributed by atoms with Crippen LogP contribution in [0.5, 0.6) is 0 Å². The van der Waals surface area contributed by atoms with Crippen LogP contribution < -0.4 is 5.32 Å². The Balaban J connectivity index is 3.93. The molecule has 11 nitrogen and oxygen atoms in total. The lowest BCUT2D eigenvalue weighted by Crippen LogP contribution is -2.43. The van der Waals surface area contributed by atoms with E-state index >= 15 is 0 Å². The molecule has 0 heterocycles. The number of rotatable bonds is 41. The van der Waals surface area contributed by atoms with Gasteiger partial charge in [0.1, 0.15) is 12.7 Å². The van der Waals surface area contributed by atoms with Crippen LogP contribution >= 0.6 is 7.82 Å². The minimum Gasteiger partial charge on any atom is -0.480 e. The molecule has 0 aromatic heterocycles. The molecule has 3 unspecified atom stereocenters. The normalized spacial score (nSPS) is 14.3. The van der Waals surface area contributed by atoms with Crippen LogP contribution in [0.3, 0.4) is 0 Å². The summed E-state index contributed by atoms with van der Waals surface area (Å²) in [6.07, 6.45) is 46.8. The van der Waals surface area contributed by atoms with E-state index in [1.165, 1.54) is 83.5 Å². The second-order valence-corrected chi connectivity index (χ2v) is 16.3. The lowest BCUT2D eigenvalue weighted by Gasteiger charge is -2.18. The first kappa shape index (κ1) is 55.2. The second-order valence-electron chi connectivity index (χ2n) is 14.9. The molecule has 12 heteroatoms. The van der Waals surface area contributed by atoms with E-state index in [1.54, 1.807) is 0 Å². The summed E-state index contributed by atoms with van der Waals surface area (Å²) >= 11 is 0. The van der Waals surface area contributed by atoms with Crippen molar-refractivity contribution in [1.82, 2.24) is 5.32 Å². The summed E-state index contributed by atoms with van der Waals surface area (Å²) in [5.74, 6) is -2.44. The molecule has 0 aromatic rings. The number of phosphoric acid groups is 1. The van der Waals surface area contributed by atoms with E-state index in [9.17, 15) is 34.1 Å². The Hall–Kier alpha value is -2.82. The number of unbranched alkanes of at least 4 members (excludes halogenated alkanes) is 17. The van der Waals surface area contributed by atoms with Crippen LogP contribution in [-0.2, 0) is 32.7 Å². The van der Waals surface area contributed by atoms with E-state index in [1.807, 2.05) is 6.08 Å². The smallest absolute Gasteiger partial charge is 0.472 e. The molecule has 0 bridgehead atoms. The molecule has 58 heavy (non-hydrogen) atoms. The number of phosphoric ester groups is 1. The monoisotopic (exact) mass is 838 g/mol. The molecular formula is C46H80NO10P. The molecule has 0 aromatic carbocycles. The first-order valence-electron chi connectivity index (χ1n) is 22.3. The molecular weight excluding hydrogens is 757 g/mol. The number of carbonyl (C=O) groups is 3. The Morgan fingerprint density at radius 2 is 1.00 bits per heavy atom. The van der Waals surface area contributed by atoms with Gasteiger partial charge >= 0.3 is 19.8 Å². The van der Waals surface area contributed by atoms with Crippen molar-refractivity contribution < 1.29 is 47.8 Å². The minimum absolute atomic E-state index is 0.0908. The van der Waals surface area contributed by atoms with Crippen LogP contribution in [0, 0.1) is 0 Å². The summed E-state index contributed by atoms with van der Waals surface area (Å²) < 4.78 is 26.8. The molecule has 0 aliphatic heterocycles. The molecule has 0 aliphatic rings. The molecule has 3 atom stereocenters. The average Bonchev–Trinajstić information content (AvgIpc) is 3.20. The summed E-state index contributed by atoms with van der Waals surface area (Å²) in [7, 11) is -4.77. The number of nitrogens with one attached hydrogen (secondary N) is 1. The van der Waals surface area contributed by atoms with Gasteiger partial charge in [-0.2, -0.15) is 0 Å². The number of carboxylic acids is 1. The largest absolute Gasteiger partial charge is 0.480 e. The second kappa shape index (κ2) is 40.9. The third-order valence-corrected chi connectivity index (χ3v) is 10.2. The number of hydrogen-bond donors (Lipinski definition) is 4. The van der Waals surface area contributed by atoms with Gasteiger partial charge in [-0.15, -0.1) is 0 Å². The molecule has 0 spiro atoms. The minimum atomic E-state index is -4.77. The highest BCUT2D eigenvalue weighted by atomic mass is 31.2. The maximum atomic E-state index is 12.3. The van der Waals surface area contributed by atoms with Crippen LogP contribution in [-0.4, -0.2) is 64.9 Å². The van der Waals surface area contributed by atoms with Crippen molar-refractivity contribution in [2.24, 2.45) is 0 Å². The lowest BCUT2D eigenvalue weighted by molar-refractivity contribution is -0.147. The van der Waals surface area contributed by atoms with Crippen molar-refractivity contribution in [2.45, 2.75) is 193 Å². The van der Waals surface area contributed by atoms with Crippen molar-refractivity contribution in [3.63, 3.8) is 0 Å². The van der Waals surface area contributed by atoms with E-state index < -0.39 is 57.6 Å². The fourth-order valence-corrected chi connectivity index (χ4v) is 6.60. The number of aliphatic hydroxyl groups excluding tert-OH is 1. The van der Waals surface area contributed by atoms with Crippen molar-refractivity contribution in [1.29, 1.82) is 0 Å². The molecule has 0 saturated carbocycles. The Kier molecular flexibility index (Phi) is 38.9. The number of aliphatic carboxylic acids is 1. The maximum absolute atomic E-state index is 12.3. The predicted molar refractivity (Wildman–Crippen MR) is 235 cm³/mol. The van der Waals surface area contributed by atoms with Gasteiger partial charge in [0.2, 0.25) is 5.91 Å². The molecule has 334 valence electrons. The number of carboxylic acid groups (broad SMARTS) is 1. The number of aliphatic hydroxyl groups is 1.